The van der Waals surface area contributed by atoms with Crippen LogP contribution in [0.1, 0.15) is 5.69 Å². The molecule has 0 saturated carbocycles. The van der Waals surface area contributed by atoms with Crippen molar-refractivity contribution < 1.29 is 0 Å². The molecule has 0 aliphatic heterocycles. The van der Waals surface area contributed by atoms with Crippen molar-refractivity contribution in [2.45, 2.75) is 6.92 Å². The monoisotopic (exact) mass is 231 g/mol. The van der Waals surface area contributed by atoms with Crippen molar-refractivity contribution in [3.63, 3.8) is 0 Å². The molecule has 0 unspecified atom stereocenters. The lowest BCUT2D eigenvalue weighted by Gasteiger charge is -2.00. The van der Waals surface area contributed by atoms with Crippen molar-refractivity contribution in [1.29, 1.82) is 0 Å². The van der Waals surface area contributed by atoms with E-state index in [1.165, 1.54) is 0 Å². The van der Waals surface area contributed by atoms with Gasteiger partial charge in [0.1, 0.15) is 5.69 Å². The lowest BCUT2D eigenvalue weighted by molar-refractivity contribution is 0.718. The summed E-state index contributed by atoms with van der Waals surface area (Å²) in [5, 5.41) is 8.00. The molecule has 3 aromatic rings. The van der Waals surface area contributed by atoms with E-state index in [-0.39, 0.29) is 0 Å². The van der Waals surface area contributed by atoms with Gasteiger partial charge in [-0.25, -0.2) is 9.67 Å². The number of nitrogens with zero attached hydrogens (tertiary/aromatic N) is 5. The molecule has 0 radical (unpaired) electrons. The molecule has 0 aliphatic rings. The van der Waals surface area contributed by atoms with E-state index in [9.17, 15) is 0 Å². The zero-order valence-corrected chi connectivity index (χ0v) is 9.69. The molecular formula is C10H9N5S. The second kappa shape index (κ2) is 3.34. The highest BCUT2D eigenvalue weighted by molar-refractivity contribution is 7.16. The van der Waals surface area contributed by atoms with Crippen molar-refractivity contribution in [2.24, 2.45) is 7.05 Å². The largest absolute Gasteiger partial charge is 0.252 e. The number of hydrogen-bond donors (Lipinski definition) is 0. The van der Waals surface area contributed by atoms with Crippen molar-refractivity contribution in [2.75, 3.05) is 0 Å². The third kappa shape index (κ3) is 1.30. The van der Waals surface area contributed by atoms with Gasteiger partial charge in [0.2, 0.25) is 0 Å². The van der Waals surface area contributed by atoms with Crippen LogP contribution in [0.3, 0.4) is 0 Å². The van der Waals surface area contributed by atoms with Crippen molar-refractivity contribution in [3.05, 3.63) is 23.5 Å². The molecule has 3 heterocycles. The van der Waals surface area contributed by atoms with Gasteiger partial charge in [-0.3, -0.25) is 4.98 Å². The first-order valence-electron chi connectivity index (χ1n) is 4.81. The van der Waals surface area contributed by atoms with Crippen molar-refractivity contribution in [1.82, 2.24) is 25.0 Å². The number of aryl methyl sites for hydroxylation is 2. The lowest BCUT2D eigenvalue weighted by atomic mass is 10.2. The molecule has 0 fully saturated rings. The van der Waals surface area contributed by atoms with Gasteiger partial charge in [-0.15, -0.1) is 16.4 Å². The molecule has 3 rings (SSSR count). The predicted molar refractivity (Wildman–Crippen MR) is 62.1 cm³/mol. The molecule has 3 aromatic heterocycles. The fraction of sp³-hybridized carbons (Fsp3) is 0.200. The quantitative estimate of drug-likeness (QED) is 0.640. The zero-order chi connectivity index (χ0) is 11.1. The fourth-order valence-electron chi connectivity index (χ4n) is 1.70. The highest BCUT2D eigenvalue weighted by Crippen LogP contribution is 2.24. The summed E-state index contributed by atoms with van der Waals surface area (Å²) < 4.78 is 2.87. The summed E-state index contributed by atoms with van der Waals surface area (Å²) in [5.41, 5.74) is 5.49. The Morgan fingerprint density at radius 2 is 2.19 bits per heavy atom. The Morgan fingerprint density at radius 1 is 1.31 bits per heavy atom. The highest BCUT2D eigenvalue weighted by atomic mass is 32.1. The van der Waals surface area contributed by atoms with E-state index in [0.717, 1.165) is 27.3 Å². The van der Waals surface area contributed by atoms with Crippen LogP contribution in [0.5, 0.6) is 0 Å². The van der Waals surface area contributed by atoms with Gasteiger partial charge in [0, 0.05) is 7.05 Å². The van der Waals surface area contributed by atoms with Gasteiger partial charge >= 0.3 is 0 Å². The minimum absolute atomic E-state index is 0.888. The number of thiazole rings is 1. The predicted octanol–water partition coefficient (Wildman–Crippen LogP) is 1.80. The third-order valence-electron chi connectivity index (χ3n) is 2.46. The maximum Gasteiger partial charge on any atom is 0.110 e. The SMILES string of the molecule is Cc1nnn(C)c1-c1cc2scnc2cn1. The normalized spacial score (nSPS) is 11.1. The Bertz CT molecular complexity index is 635. The summed E-state index contributed by atoms with van der Waals surface area (Å²) in [6.45, 7) is 1.93. The standard InChI is InChI=1S/C10H9N5S/c1-6-10(15(2)14-13-6)7-3-9-8(4-11-7)12-5-16-9/h3-5H,1-2H3. The second-order valence-electron chi connectivity index (χ2n) is 3.54. The molecule has 0 aliphatic carbocycles. The second-order valence-corrected chi connectivity index (χ2v) is 4.42. The maximum atomic E-state index is 4.39. The van der Waals surface area contributed by atoms with Crippen LogP contribution in [-0.2, 0) is 7.05 Å². The Hall–Kier alpha value is -1.82. The molecule has 0 N–H and O–H groups in total. The van der Waals surface area contributed by atoms with E-state index in [1.54, 1.807) is 22.2 Å². The summed E-state index contributed by atoms with van der Waals surface area (Å²) in [6, 6.07) is 2.03. The molecule has 0 amide bonds. The molecule has 80 valence electrons. The average Bonchev–Trinajstić information content (AvgIpc) is 2.85. The van der Waals surface area contributed by atoms with Crippen LogP contribution in [0, 0.1) is 6.92 Å². The van der Waals surface area contributed by atoms with E-state index < -0.39 is 0 Å². The van der Waals surface area contributed by atoms with Gasteiger partial charge in [-0.1, -0.05) is 5.21 Å². The molecule has 0 atom stereocenters. The van der Waals surface area contributed by atoms with E-state index in [2.05, 4.69) is 20.3 Å². The van der Waals surface area contributed by atoms with Gasteiger partial charge in [-0.2, -0.15) is 0 Å². The summed E-state index contributed by atoms with van der Waals surface area (Å²) in [4.78, 5) is 8.59. The Kier molecular flexibility index (Phi) is 1.97. The fourth-order valence-corrected chi connectivity index (χ4v) is 2.39. The van der Waals surface area contributed by atoms with Gasteiger partial charge < -0.3 is 0 Å². The minimum atomic E-state index is 0.888. The summed E-state index contributed by atoms with van der Waals surface area (Å²) in [7, 11) is 1.87. The molecule has 0 spiro atoms. The molecular weight excluding hydrogens is 222 g/mol. The number of rotatable bonds is 1. The van der Waals surface area contributed by atoms with Gasteiger partial charge in [0.15, 0.2) is 0 Å². The van der Waals surface area contributed by atoms with Gasteiger partial charge in [-0.05, 0) is 13.0 Å². The molecule has 0 saturated heterocycles. The van der Waals surface area contributed by atoms with Crippen LogP contribution in [0.25, 0.3) is 21.6 Å². The Labute approximate surface area is 95.8 Å². The third-order valence-corrected chi connectivity index (χ3v) is 3.25. The minimum Gasteiger partial charge on any atom is -0.252 e. The molecule has 0 aromatic carbocycles. The van der Waals surface area contributed by atoms with Crippen LogP contribution < -0.4 is 0 Å². The van der Waals surface area contributed by atoms with E-state index >= 15 is 0 Å². The van der Waals surface area contributed by atoms with Crippen LogP contribution in [-0.4, -0.2) is 25.0 Å². The van der Waals surface area contributed by atoms with Gasteiger partial charge in [0.25, 0.3) is 0 Å². The zero-order valence-electron chi connectivity index (χ0n) is 8.88. The highest BCUT2D eigenvalue weighted by Gasteiger charge is 2.11. The summed E-state index contributed by atoms with van der Waals surface area (Å²) in [5.74, 6) is 0. The maximum absolute atomic E-state index is 4.39. The van der Waals surface area contributed by atoms with E-state index in [0.29, 0.717) is 0 Å². The topological polar surface area (TPSA) is 56.5 Å². The Balaban J connectivity index is 2.25. The van der Waals surface area contributed by atoms with Crippen LogP contribution in [0.15, 0.2) is 17.8 Å². The van der Waals surface area contributed by atoms with E-state index in [4.69, 9.17) is 0 Å². The Morgan fingerprint density at radius 3 is 2.94 bits per heavy atom. The first-order valence-corrected chi connectivity index (χ1v) is 5.69. The molecule has 5 nitrogen and oxygen atoms in total. The first-order chi connectivity index (χ1) is 7.75. The average molecular weight is 231 g/mol. The molecule has 6 heteroatoms. The number of hydrogen-bond acceptors (Lipinski definition) is 5. The summed E-state index contributed by atoms with van der Waals surface area (Å²) >= 11 is 1.61. The summed E-state index contributed by atoms with van der Waals surface area (Å²) in [6.07, 6.45) is 1.79. The van der Waals surface area contributed by atoms with Crippen LogP contribution >= 0.6 is 11.3 Å². The van der Waals surface area contributed by atoms with E-state index in [1.807, 2.05) is 25.5 Å². The molecule has 0 bridgehead atoms. The van der Waals surface area contributed by atoms with Crippen LogP contribution in [0.4, 0.5) is 0 Å². The lowest BCUT2D eigenvalue weighted by Crippen LogP contribution is -1.96. The first kappa shape index (κ1) is 9.41. The number of aromatic nitrogens is 5. The smallest absolute Gasteiger partial charge is 0.110 e. The van der Waals surface area contributed by atoms with Crippen molar-refractivity contribution >= 4 is 21.6 Å². The van der Waals surface area contributed by atoms with Gasteiger partial charge in [0.05, 0.1) is 33.3 Å². The van der Waals surface area contributed by atoms with Crippen molar-refractivity contribution in [3.8, 4) is 11.4 Å². The number of pyridine rings is 1. The van der Waals surface area contributed by atoms with Crippen LogP contribution in [0.2, 0.25) is 0 Å². The number of fused-ring (bicyclic) bond motifs is 1. The molecule has 16 heavy (non-hydrogen) atoms.